The van der Waals surface area contributed by atoms with Crippen LogP contribution in [0.25, 0.3) is 0 Å². The van der Waals surface area contributed by atoms with Gasteiger partial charge in [0, 0.05) is 18.6 Å². The number of nitrogens with one attached hydrogen (secondary N) is 1. The molecule has 3 aliphatic rings. The summed E-state index contributed by atoms with van der Waals surface area (Å²) in [7, 11) is 0. The van der Waals surface area contributed by atoms with Gasteiger partial charge in [-0.25, -0.2) is 0 Å². The van der Waals surface area contributed by atoms with Gasteiger partial charge in [-0.1, -0.05) is 20.3 Å². The molecule has 1 saturated carbocycles. The Hall–Kier alpha value is -0.0800. The van der Waals surface area contributed by atoms with Crippen LogP contribution < -0.4 is 5.32 Å². The summed E-state index contributed by atoms with van der Waals surface area (Å²) in [5, 5.41) is 3.62. The summed E-state index contributed by atoms with van der Waals surface area (Å²) in [4.78, 5) is 2.90. The number of nitrogens with zero attached hydrogens (tertiary/aromatic N) is 1. The topological polar surface area (TPSA) is 15.3 Å². The molecule has 0 spiro atoms. The molecule has 2 heteroatoms. The molecule has 0 aromatic heterocycles. The van der Waals surface area contributed by atoms with Crippen molar-refractivity contribution < 1.29 is 0 Å². The molecular formula is C16H30N2. The van der Waals surface area contributed by atoms with Gasteiger partial charge in [-0.2, -0.15) is 0 Å². The molecule has 2 saturated heterocycles. The quantitative estimate of drug-likeness (QED) is 0.720. The monoisotopic (exact) mass is 250 g/mol. The molecule has 0 aromatic rings. The molecule has 2 heterocycles. The molecule has 0 radical (unpaired) electrons. The van der Waals surface area contributed by atoms with Crippen molar-refractivity contribution in [1.82, 2.24) is 10.2 Å². The minimum atomic E-state index is 0.595. The van der Waals surface area contributed by atoms with Gasteiger partial charge in [0.2, 0.25) is 0 Å². The molecule has 0 bridgehead atoms. The lowest BCUT2D eigenvalue weighted by Gasteiger charge is -2.42. The van der Waals surface area contributed by atoms with Crippen molar-refractivity contribution in [3.05, 3.63) is 0 Å². The molecular weight excluding hydrogens is 220 g/mol. The van der Waals surface area contributed by atoms with Gasteiger partial charge in [0.05, 0.1) is 0 Å². The molecule has 18 heavy (non-hydrogen) atoms. The minimum absolute atomic E-state index is 0.595. The van der Waals surface area contributed by atoms with Gasteiger partial charge >= 0.3 is 0 Å². The van der Waals surface area contributed by atoms with Crippen molar-refractivity contribution in [3.8, 4) is 0 Å². The van der Waals surface area contributed by atoms with E-state index >= 15 is 0 Å². The zero-order valence-electron chi connectivity index (χ0n) is 12.3. The second-order valence-electron chi connectivity index (χ2n) is 7.61. The van der Waals surface area contributed by atoms with E-state index in [-0.39, 0.29) is 0 Å². The van der Waals surface area contributed by atoms with E-state index in [4.69, 9.17) is 0 Å². The maximum Gasteiger partial charge on any atom is 0.0263 e. The second kappa shape index (κ2) is 5.13. The van der Waals surface area contributed by atoms with Crippen LogP contribution in [-0.4, -0.2) is 36.6 Å². The van der Waals surface area contributed by atoms with Crippen molar-refractivity contribution >= 4 is 0 Å². The van der Waals surface area contributed by atoms with Crippen molar-refractivity contribution in [3.63, 3.8) is 0 Å². The molecule has 2 aliphatic heterocycles. The number of rotatable bonds is 1. The molecule has 3 unspecified atom stereocenters. The van der Waals surface area contributed by atoms with Crippen LogP contribution in [0.15, 0.2) is 0 Å². The van der Waals surface area contributed by atoms with E-state index in [0.717, 1.165) is 18.0 Å². The lowest BCUT2D eigenvalue weighted by molar-refractivity contribution is 0.0678. The van der Waals surface area contributed by atoms with E-state index < -0.39 is 0 Å². The van der Waals surface area contributed by atoms with Crippen LogP contribution >= 0.6 is 0 Å². The first-order valence-electron chi connectivity index (χ1n) is 8.12. The van der Waals surface area contributed by atoms with E-state index in [1.807, 2.05) is 0 Å². The fourth-order valence-corrected chi connectivity index (χ4v) is 4.53. The predicted octanol–water partition coefficient (Wildman–Crippen LogP) is 3.03. The second-order valence-corrected chi connectivity index (χ2v) is 7.61. The van der Waals surface area contributed by atoms with Gasteiger partial charge in [-0.3, -0.25) is 4.90 Å². The van der Waals surface area contributed by atoms with E-state index in [2.05, 4.69) is 24.1 Å². The Morgan fingerprint density at radius 1 is 1.00 bits per heavy atom. The zero-order valence-corrected chi connectivity index (χ0v) is 12.3. The van der Waals surface area contributed by atoms with E-state index in [0.29, 0.717) is 5.41 Å². The lowest BCUT2D eigenvalue weighted by Crippen LogP contribution is -2.50. The van der Waals surface area contributed by atoms with Crippen molar-refractivity contribution in [2.75, 3.05) is 19.6 Å². The van der Waals surface area contributed by atoms with E-state index in [9.17, 15) is 0 Å². The Kier molecular flexibility index (Phi) is 3.68. The lowest BCUT2D eigenvalue weighted by atomic mass is 9.85. The van der Waals surface area contributed by atoms with Gasteiger partial charge in [0.25, 0.3) is 0 Å². The van der Waals surface area contributed by atoms with Crippen LogP contribution in [0, 0.1) is 11.3 Å². The molecule has 3 rings (SSSR count). The number of likely N-dealkylation sites (tertiary alicyclic amines) is 1. The molecule has 0 aromatic carbocycles. The highest BCUT2D eigenvalue weighted by Crippen LogP contribution is 2.38. The van der Waals surface area contributed by atoms with Crippen LogP contribution in [0.4, 0.5) is 0 Å². The highest BCUT2D eigenvalue weighted by Gasteiger charge is 2.39. The van der Waals surface area contributed by atoms with Crippen molar-refractivity contribution in [1.29, 1.82) is 0 Å². The Balaban J connectivity index is 1.66. The summed E-state index contributed by atoms with van der Waals surface area (Å²) in [6, 6.07) is 1.75. The Bertz CT molecular complexity index is 287. The van der Waals surface area contributed by atoms with Crippen molar-refractivity contribution in [2.24, 2.45) is 11.3 Å². The standard InChI is InChI=1S/C16H30N2/c1-16(2)8-3-6-14(7-9-16)18-10-4-5-13-11-17-12-15(13)18/h13-15,17H,3-12H2,1-2H3. The average Bonchev–Trinajstić information content (AvgIpc) is 2.74. The third-order valence-electron chi connectivity index (χ3n) is 5.74. The summed E-state index contributed by atoms with van der Waals surface area (Å²) in [6.45, 7) is 8.83. The van der Waals surface area contributed by atoms with Crippen LogP contribution in [0.2, 0.25) is 0 Å². The zero-order chi connectivity index (χ0) is 12.6. The maximum atomic E-state index is 3.62. The van der Waals surface area contributed by atoms with E-state index in [1.54, 1.807) is 0 Å². The molecule has 1 N–H and O–H groups in total. The van der Waals surface area contributed by atoms with Crippen LogP contribution in [0.5, 0.6) is 0 Å². The van der Waals surface area contributed by atoms with Crippen LogP contribution in [0.1, 0.15) is 58.8 Å². The van der Waals surface area contributed by atoms with Gasteiger partial charge in [0.1, 0.15) is 0 Å². The number of piperidine rings is 1. The summed E-state index contributed by atoms with van der Waals surface area (Å²) >= 11 is 0. The molecule has 3 atom stereocenters. The molecule has 0 amide bonds. The smallest absolute Gasteiger partial charge is 0.0263 e. The summed E-state index contributed by atoms with van der Waals surface area (Å²) in [5.41, 5.74) is 0.595. The highest BCUT2D eigenvalue weighted by atomic mass is 15.2. The fraction of sp³-hybridized carbons (Fsp3) is 1.00. The molecule has 3 fully saturated rings. The first-order valence-corrected chi connectivity index (χ1v) is 8.12. The minimum Gasteiger partial charge on any atom is -0.315 e. The average molecular weight is 250 g/mol. The first-order chi connectivity index (χ1) is 8.66. The van der Waals surface area contributed by atoms with E-state index in [1.165, 1.54) is 64.6 Å². The Morgan fingerprint density at radius 2 is 1.89 bits per heavy atom. The number of fused-ring (bicyclic) bond motifs is 1. The molecule has 104 valence electrons. The maximum absolute atomic E-state index is 3.62. The third kappa shape index (κ3) is 2.60. The largest absolute Gasteiger partial charge is 0.315 e. The summed E-state index contributed by atoms with van der Waals surface area (Å²) in [6.07, 6.45) is 10.1. The summed E-state index contributed by atoms with van der Waals surface area (Å²) < 4.78 is 0. The fourth-order valence-electron chi connectivity index (χ4n) is 4.53. The van der Waals surface area contributed by atoms with Gasteiger partial charge < -0.3 is 5.32 Å². The SMILES string of the molecule is CC1(C)CCCC(N2CCCC3CNCC32)CC1. The highest BCUT2D eigenvalue weighted by molar-refractivity contribution is 4.95. The van der Waals surface area contributed by atoms with Crippen LogP contribution in [0.3, 0.4) is 0 Å². The van der Waals surface area contributed by atoms with Gasteiger partial charge in [-0.05, 0) is 62.9 Å². The molecule has 2 nitrogen and oxygen atoms in total. The third-order valence-corrected chi connectivity index (χ3v) is 5.74. The summed E-state index contributed by atoms with van der Waals surface area (Å²) in [5.74, 6) is 0.954. The van der Waals surface area contributed by atoms with Crippen LogP contribution in [-0.2, 0) is 0 Å². The Morgan fingerprint density at radius 3 is 2.78 bits per heavy atom. The predicted molar refractivity (Wildman–Crippen MR) is 76.7 cm³/mol. The normalized spacial score (nSPS) is 41.3. The molecule has 1 aliphatic carbocycles. The Labute approximate surface area is 113 Å². The number of hydrogen-bond acceptors (Lipinski definition) is 2. The first kappa shape index (κ1) is 12.9. The van der Waals surface area contributed by atoms with Gasteiger partial charge in [0.15, 0.2) is 0 Å². The van der Waals surface area contributed by atoms with Gasteiger partial charge in [-0.15, -0.1) is 0 Å². The number of hydrogen-bond donors (Lipinski definition) is 1. The van der Waals surface area contributed by atoms with Crippen molar-refractivity contribution in [2.45, 2.75) is 70.9 Å².